The van der Waals surface area contributed by atoms with Crippen molar-refractivity contribution in [1.82, 2.24) is 14.5 Å². The van der Waals surface area contributed by atoms with Gasteiger partial charge in [0.1, 0.15) is 18.3 Å². The van der Waals surface area contributed by atoms with Gasteiger partial charge in [-0.2, -0.15) is 4.98 Å². The summed E-state index contributed by atoms with van der Waals surface area (Å²) < 4.78 is 5.52. The van der Waals surface area contributed by atoms with Crippen LogP contribution in [0.25, 0.3) is 0 Å². The molecule has 0 amide bonds. The molecule has 1 aliphatic rings. The number of hydrogen-bond donors (Lipinski definition) is 5. The summed E-state index contributed by atoms with van der Waals surface area (Å²) in [5.74, 6) is -0.368. The van der Waals surface area contributed by atoms with Crippen LogP contribution >= 0.6 is 0 Å². The van der Waals surface area contributed by atoms with Crippen molar-refractivity contribution >= 4 is 5.95 Å². The number of aromatic nitrogens is 3. The molecule has 0 saturated carbocycles. The molecule has 100 valence electrons. The molecule has 2 heterocycles. The van der Waals surface area contributed by atoms with Crippen molar-refractivity contribution in [3.05, 3.63) is 21.0 Å². The molecule has 0 spiro atoms. The van der Waals surface area contributed by atoms with Gasteiger partial charge in [-0.3, -0.25) is 4.98 Å². The Hall–Kier alpha value is -1.75. The van der Waals surface area contributed by atoms with Crippen LogP contribution in [-0.2, 0) is 4.74 Å². The topological polar surface area (TPSA) is 164 Å². The zero-order valence-electron chi connectivity index (χ0n) is 9.05. The van der Waals surface area contributed by atoms with Gasteiger partial charge in [0.15, 0.2) is 6.23 Å². The van der Waals surface area contributed by atoms with Crippen molar-refractivity contribution in [2.75, 3.05) is 12.3 Å². The molecule has 4 atom stereocenters. The Morgan fingerprint density at radius 3 is 2.56 bits per heavy atom. The van der Waals surface area contributed by atoms with Gasteiger partial charge >= 0.3 is 11.4 Å². The van der Waals surface area contributed by atoms with Gasteiger partial charge in [0.25, 0.3) is 0 Å². The largest absolute Gasteiger partial charge is 0.394 e. The average Bonchev–Trinajstić information content (AvgIpc) is 2.56. The number of hydrogen-bond acceptors (Lipinski definition) is 8. The smallest absolute Gasteiger partial charge is 0.357 e. The number of aliphatic hydroxyl groups is 3. The van der Waals surface area contributed by atoms with E-state index in [4.69, 9.17) is 15.6 Å². The molecule has 0 unspecified atom stereocenters. The number of nitrogens with zero attached hydrogens (tertiary/aromatic N) is 2. The highest BCUT2D eigenvalue weighted by Gasteiger charge is 2.44. The molecule has 2 rings (SSSR count). The third-order valence-corrected chi connectivity index (χ3v) is 2.65. The van der Waals surface area contributed by atoms with Crippen LogP contribution in [0.2, 0.25) is 0 Å². The van der Waals surface area contributed by atoms with Crippen LogP contribution in [0, 0.1) is 0 Å². The molecule has 1 aromatic rings. The van der Waals surface area contributed by atoms with Gasteiger partial charge in [-0.05, 0) is 0 Å². The first-order valence-electron chi connectivity index (χ1n) is 5.06. The molecule has 0 radical (unpaired) electrons. The van der Waals surface area contributed by atoms with Gasteiger partial charge in [0.05, 0.1) is 6.61 Å². The van der Waals surface area contributed by atoms with Crippen molar-refractivity contribution in [2.24, 2.45) is 0 Å². The maximum atomic E-state index is 11.5. The van der Waals surface area contributed by atoms with Gasteiger partial charge in [0.2, 0.25) is 5.95 Å². The number of nitrogens with one attached hydrogen (secondary N) is 1. The first-order chi connectivity index (χ1) is 8.45. The molecule has 6 N–H and O–H groups in total. The number of nitrogen functional groups attached to an aromatic ring is 1. The Kier molecular flexibility index (Phi) is 3.17. The third-order valence-electron chi connectivity index (χ3n) is 2.65. The lowest BCUT2D eigenvalue weighted by atomic mass is 10.1. The number of ether oxygens (including phenoxy) is 1. The Bertz CT molecular complexity index is 522. The number of H-pyrrole nitrogens is 1. The van der Waals surface area contributed by atoms with Crippen LogP contribution in [0.15, 0.2) is 9.59 Å². The summed E-state index contributed by atoms with van der Waals surface area (Å²) in [6, 6.07) is 0. The highest BCUT2D eigenvalue weighted by Crippen LogP contribution is 2.26. The summed E-state index contributed by atoms with van der Waals surface area (Å²) in [5.41, 5.74) is 3.22. The molecule has 1 aromatic heterocycles. The molecule has 1 aliphatic heterocycles. The van der Waals surface area contributed by atoms with Gasteiger partial charge < -0.3 is 25.8 Å². The number of aromatic amines is 1. The third kappa shape index (κ3) is 1.90. The predicted molar refractivity (Wildman–Crippen MR) is 56.5 cm³/mol. The SMILES string of the molecule is Nc1nc(=O)n([C@@H]2O[C@H](CO)[C@@H](O)[C@H]2O)c(=O)[nH]1. The van der Waals surface area contributed by atoms with Crippen molar-refractivity contribution in [2.45, 2.75) is 24.5 Å². The molecule has 0 aliphatic carbocycles. The van der Waals surface area contributed by atoms with Gasteiger partial charge in [-0.25, -0.2) is 14.2 Å². The van der Waals surface area contributed by atoms with E-state index in [9.17, 15) is 19.8 Å². The minimum absolute atomic E-state index is 0.368. The summed E-state index contributed by atoms with van der Waals surface area (Å²) in [7, 11) is 0. The monoisotopic (exact) mass is 260 g/mol. The second-order valence-corrected chi connectivity index (χ2v) is 3.81. The number of anilines is 1. The molecule has 18 heavy (non-hydrogen) atoms. The van der Waals surface area contributed by atoms with E-state index >= 15 is 0 Å². The second kappa shape index (κ2) is 4.49. The molecule has 0 bridgehead atoms. The summed E-state index contributed by atoms with van der Waals surface area (Å²) in [6.07, 6.45) is -5.47. The van der Waals surface area contributed by atoms with E-state index in [-0.39, 0.29) is 5.95 Å². The van der Waals surface area contributed by atoms with Crippen LogP contribution in [0.5, 0.6) is 0 Å². The normalized spacial score (nSPS) is 31.7. The molecule has 10 nitrogen and oxygen atoms in total. The lowest BCUT2D eigenvalue weighted by molar-refractivity contribution is -0.0570. The summed E-state index contributed by atoms with van der Waals surface area (Å²) >= 11 is 0. The van der Waals surface area contributed by atoms with Crippen LogP contribution in [0.4, 0.5) is 5.95 Å². The van der Waals surface area contributed by atoms with E-state index in [0.717, 1.165) is 0 Å². The van der Waals surface area contributed by atoms with Crippen molar-refractivity contribution < 1.29 is 20.1 Å². The van der Waals surface area contributed by atoms with E-state index in [1.807, 2.05) is 0 Å². The van der Waals surface area contributed by atoms with Crippen LogP contribution in [-0.4, -0.2) is 54.8 Å². The summed E-state index contributed by atoms with van der Waals surface area (Å²) in [5, 5.41) is 28.1. The van der Waals surface area contributed by atoms with E-state index in [0.29, 0.717) is 4.57 Å². The van der Waals surface area contributed by atoms with E-state index in [2.05, 4.69) is 9.97 Å². The fraction of sp³-hybridized carbons (Fsp3) is 0.625. The first-order valence-corrected chi connectivity index (χ1v) is 5.06. The molecule has 10 heteroatoms. The maximum Gasteiger partial charge on any atom is 0.357 e. The molecular weight excluding hydrogens is 248 g/mol. The Balaban J connectivity index is 2.45. The summed E-state index contributed by atoms with van der Waals surface area (Å²) in [6.45, 7) is -0.566. The van der Waals surface area contributed by atoms with Gasteiger partial charge in [-0.15, -0.1) is 0 Å². The van der Waals surface area contributed by atoms with Crippen molar-refractivity contribution in [3.8, 4) is 0 Å². The van der Waals surface area contributed by atoms with E-state index in [1.54, 1.807) is 0 Å². The fourth-order valence-electron chi connectivity index (χ4n) is 1.76. The van der Waals surface area contributed by atoms with Crippen LogP contribution in [0.1, 0.15) is 6.23 Å². The Labute approximate surface area is 99.3 Å². The van der Waals surface area contributed by atoms with Gasteiger partial charge in [0, 0.05) is 0 Å². The first kappa shape index (κ1) is 12.7. The Morgan fingerprint density at radius 1 is 1.39 bits per heavy atom. The molecule has 1 saturated heterocycles. The summed E-state index contributed by atoms with van der Waals surface area (Å²) in [4.78, 5) is 28.4. The van der Waals surface area contributed by atoms with Crippen molar-refractivity contribution in [3.63, 3.8) is 0 Å². The minimum atomic E-state index is -1.54. The van der Waals surface area contributed by atoms with E-state index in [1.165, 1.54) is 0 Å². The second-order valence-electron chi connectivity index (χ2n) is 3.81. The number of nitrogens with two attached hydrogens (primary N) is 1. The zero-order valence-corrected chi connectivity index (χ0v) is 9.05. The average molecular weight is 260 g/mol. The fourth-order valence-corrected chi connectivity index (χ4v) is 1.76. The van der Waals surface area contributed by atoms with Crippen LogP contribution in [0.3, 0.4) is 0 Å². The Morgan fingerprint density at radius 2 is 2.06 bits per heavy atom. The van der Waals surface area contributed by atoms with Crippen molar-refractivity contribution in [1.29, 1.82) is 0 Å². The lowest BCUT2D eigenvalue weighted by Gasteiger charge is -2.15. The number of aliphatic hydroxyl groups excluding tert-OH is 3. The maximum absolute atomic E-state index is 11.5. The lowest BCUT2D eigenvalue weighted by Crippen LogP contribution is -2.44. The van der Waals surface area contributed by atoms with Gasteiger partial charge in [-0.1, -0.05) is 0 Å². The quantitative estimate of drug-likeness (QED) is 0.360. The molecule has 0 aromatic carbocycles. The highest BCUT2D eigenvalue weighted by molar-refractivity contribution is 5.10. The molecule has 1 fully saturated rings. The van der Waals surface area contributed by atoms with E-state index < -0.39 is 42.5 Å². The zero-order chi connectivity index (χ0) is 13.4. The minimum Gasteiger partial charge on any atom is -0.394 e. The standard InChI is InChI=1S/C8H12N4O6/c9-6-10-7(16)12(8(17)11-6)5-4(15)3(14)2(1-13)18-5/h2-5,13-15H,1H2,(H3,9,10,11,16,17)/t2-,3-,4-,5-/m1/s1. The molecular formula is C8H12N4O6. The van der Waals surface area contributed by atoms with Crippen LogP contribution < -0.4 is 17.1 Å². The highest BCUT2D eigenvalue weighted by atomic mass is 16.6. The number of rotatable bonds is 2. The predicted octanol–water partition coefficient (Wildman–Crippen LogP) is -3.87.